The van der Waals surface area contributed by atoms with Crippen LogP contribution in [0.15, 0.2) is 229 Å². The molecular weight excluding hydrogens is 787 g/mol. The van der Waals surface area contributed by atoms with E-state index >= 15 is 0 Å². The Kier molecular flexibility index (Phi) is 8.29. The Labute approximate surface area is 379 Å². The van der Waals surface area contributed by atoms with Gasteiger partial charge in [0.2, 0.25) is 0 Å². The molecule has 65 heavy (non-hydrogen) atoms. The number of aryl methyl sites for hydroxylation is 2. The van der Waals surface area contributed by atoms with Crippen LogP contribution < -0.4 is 4.90 Å². The Morgan fingerprint density at radius 1 is 0.354 bits per heavy atom. The summed E-state index contributed by atoms with van der Waals surface area (Å²) in [7, 11) is 0. The van der Waals surface area contributed by atoms with Crippen molar-refractivity contribution in [2.75, 3.05) is 4.90 Å². The van der Waals surface area contributed by atoms with Gasteiger partial charge in [0, 0.05) is 33.4 Å². The van der Waals surface area contributed by atoms with Crippen molar-refractivity contribution >= 4 is 39.0 Å². The highest BCUT2D eigenvalue weighted by molar-refractivity contribution is 6.18. The van der Waals surface area contributed by atoms with E-state index in [1.807, 2.05) is 0 Å². The van der Waals surface area contributed by atoms with Crippen LogP contribution in [0.25, 0.3) is 77.6 Å². The van der Waals surface area contributed by atoms with Gasteiger partial charge < -0.3 is 9.32 Å². The Morgan fingerprint density at radius 2 is 0.908 bits per heavy atom. The molecule has 11 aromatic rings. The van der Waals surface area contributed by atoms with Crippen LogP contribution >= 0.6 is 0 Å². The van der Waals surface area contributed by atoms with Crippen LogP contribution in [-0.4, -0.2) is 0 Å². The van der Waals surface area contributed by atoms with Crippen LogP contribution in [0.5, 0.6) is 0 Å². The minimum atomic E-state index is -0.559. The number of para-hydroxylation sites is 1. The lowest BCUT2D eigenvalue weighted by Gasteiger charge is -2.32. The molecule has 1 spiro atoms. The predicted molar refractivity (Wildman–Crippen MR) is 270 cm³/mol. The van der Waals surface area contributed by atoms with Gasteiger partial charge in [0.25, 0.3) is 0 Å². The van der Waals surface area contributed by atoms with E-state index in [0.717, 1.165) is 44.7 Å². The maximum atomic E-state index is 6.90. The van der Waals surface area contributed by atoms with E-state index < -0.39 is 5.41 Å². The molecule has 0 saturated carbocycles. The van der Waals surface area contributed by atoms with Crippen molar-refractivity contribution in [3.63, 3.8) is 0 Å². The summed E-state index contributed by atoms with van der Waals surface area (Å²) in [6.45, 7) is 4.44. The molecule has 2 aliphatic rings. The van der Waals surface area contributed by atoms with E-state index in [0.29, 0.717) is 0 Å². The number of anilines is 3. The van der Waals surface area contributed by atoms with Gasteiger partial charge in [-0.05, 0) is 140 Å². The summed E-state index contributed by atoms with van der Waals surface area (Å²) < 4.78 is 6.90. The molecule has 0 radical (unpaired) electrons. The predicted octanol–water partition coefficient (Wildman–Crippen LogP) is 17.0. The summed E-state index contributed by atoms with van der Waals surface area (Å²) in [5.74, 6) is 0. The highest BCUT2D eigenvalue weighted by Crippen LogP contribution is 2.65. The zero-order chi connectivity index (χ0) is 43.2. The smallest absolute Gasteiger partial charge is 0.143 e. The molecule has 1 atom stereocenters. The van der Waals surface area contributed by atoms with Crippen molar-refractivity contribution in [1.29, 1.82) is 0 Å². The van der Waals surface area contributed by atoms with Crippen LogP contribution in [-0.2, 0) is 5.41 Å². The van der Waals surface area contributed by atoms with Crippen LogP contribution in [0.4, 0.5) is 17.1 Å². The Bertz CT molecular complexity index is 3670. The Morgan fingerprint density at radius 3 is 1.65 bits per heavy atom. The summed E-state index contributed by atoms with van der Waals surface area (Å²) in [6, 6.07) is 82.5. The van der Waals surface area contributed by atoms with Gasteiger partial charge in [-0.25, -0.2) is 0 Å². The van der Waals surface area contributed by atoms with Gasteiger partial charge in [-0.1, -0.05) is 182 Å². The molecule has 0 amide bonds. The van der Waals surface area contributed by atoms with Crippen LogP contribution in [0, 0.1) is 13.8 Å². The monoisotopic (exact) mass is 829 g/mol. The molecule has 0 fully saturated rings. The van der Waals surface area contributed by atoms with Crippen molar-refractivity contribution in [2.24, 2.45) is 0 Å². The molecule has 0 bridgehead atoms. The van der Waals surface area contributed by atoms with E-state index in [9.17, 15) is 0 Å². The molecule has 10 aromatic carbocycles. The number of furan rings is 1. The minimum Gasteiger partial charge on any atom is -0.455 e. The topological polar surface area (TPSA) is 16.4 Å². The van der Waals surface area contributed by atoms with Gasteiger partial charge in [0.05, 0.1) is 5.41 Å². The van der Waals surface area contributed by atoms with E-state index in [2.05, 4.69) is 243 Å². The number of hydrogen-bond acceptors (Lipinski definition) is 2. The fraction of sp³-hybridized carbons (Fsp3) is 0.0476. The molecular formula is C63H43NO. The van der Waals surface area contributed by atoms with Gasteiger partial charge in [-0.2, -0.15) is 0 Å². The molecule has 13 rings (SSSR count). The summed E-state index contributed by atoms with van der Waals surface area (Å²) in [5, 5.41) is 2.31. The van der Waals surface area contributed by atoms with E-state index in [-0.39, 0.29) is 0 Å². The second kappa shape index (κ2) is 14.4. The maximum absolute atomic E-state index is 6.90. The standard InChI is InChI=1S/C63H43NO/c1-40-16-9-10-21-48(40)49-34-32-46(38-41(49)2)64(45-30-28-43(29-31-45)42-17-5-3-6-18-42)47-33-35-52-51-22-11-13-26-55(51)63(58(52)39-47)56-27-14-12-23-53(56)60-57(63)36-37-59-61(60)54-25-15-24-50(62(54)65-59)44-19-7-4-8-20-44/h3-39H,1-2H3. The molecule has 0 saturated heterocycles. The molecule has 1 aromatic heterocycles. The van der Waals surface area contributed by atoms with Gasteiger partial charge in [0.15, 0.2) is 0 Å². The fourth-order valence-corrected chi connectivity index (χ4v) is 11.3. The minimum absolute atomic E-state index is 0.559. The van der Waals surface area contributed by atoms with Crippen molar-refractivity contribution < 1.29 is 4.42 Å². The van der Waals surface area contributed by atoms with E-state index in [4.69, 9.17) is 4.42 Å². The second-order valence-corrected chi connectivity index (χ2v) is 17.6. The maximum Gasteiger partial charge on any atom is 0.143 e. The molecule has 1 unspecified atom stereocenters. The summed E-state index contributed by atoms with van der Waals surface area (Å²) in [5.41, 5.74) is 24.5. The molecule has 2 nitrogen and oxygen atoms in total. The first-order valence-corrected chi connectivity index (χ1v) is 22.6. The number of fused-ring (bicyclic) bond motifs is 14. The third-order valence-corrected chi connectivity index (χ3v) is 14.2. The molecule has 2 aliphatic carbocycles. The van der Waals surface area contributed by atoms with Crippen molar-refractivity contribution in [3.8, 4) is 55.6 Å². The first-order chi connectivity index (χ1) is 32.1. The van der Waals surface area contributed by atoms with Gasteiger partial charge >= 0.3 is 0 Å². The lowest BCUT2D eigenvalue weighted by molar-refractivity contribution is 0.669. The third-order valence-electron chi connectivity index (χ3n) is 14.2. The van der Waals surface area contributed by atoms with Crippen molar-refractivity contribution in [1.82, 2.24) is 0 Å². The lowest BCUT2D eigenvalue weighted by atomic mass is 9.70. The van der Waals surface area contributed by atoms with Crippen LogP contribution in [0.3, 0.4) is 0 Å². The average Bonchev–Trinajstić information content (AvgIpc) is 3.99. The molecule has 2 heteroatoms. The number of nitrogens with zero attached hydrogens (tertiary/aromatic N) is 1. The summed E-state index contributed by atoms with van der Waals surface area (Å²) in [4.78, 5) is 2.44. The van der Waals surface area contributed by atoms with Gasteiger partial charge in [-0.3, -0.25) is 0 Å². The summed E-state index contributed by atoms with van der Waals surface area (Å²) in [6.07, 6.45) is 0. The number of benzene rings is 10. The Hall–Kier alpha value is -8.20. The number of rotatable bonds is 6. The third kappa shape index (κ3) is 5.47. The van der Waals surface area contributed by atoms with Gasteiger partial charge in [-0.15, -0.1) is 0 Å². The first-order valence-electron chi connectivity index (χ1n) is 22.6. The number of hydrogen-bond donors (Lipinski definition) is 0. The highest BCUT2D eigenvalue weighted by atomic mass is 16.3. The Balaban J connectivity index is 1.05. The molecule has 306 valence electrons. The van der Waals surface area contributed by atoms with E-state index in [1.165, 1.54) is 83.3 Å². The fourth-order valence-electron chi connectivity index (χ4n) is 11.3. The molecule has 1 heterocycles. The zero-order valence-corrected chi connectivity index (χ0v) is 36.2. The van der Waals surface area contributed by atoms with Crippen molar-refractivity contribution in [2.45, 2.75) is 19.3 Å². The highest BCUT2D eigenvalue weighted by Gasteiger charge is 2.52. The second-order valence-electron chi connectivity index (χ2n) is 17.6. The largest absolute Gasteiger partial charge is 0.455 e. The first kappa shape index (κ1) is 37.4. The van der Waals surface area contributed by atoms with Crippen molar-refractivity contribution in [3.05, 3.63) is 258 Å². The quantitative estimate of drug-likeness (QED) is 0.166. The van der Waals surface area contributed by atoms with E-state index in [1.54, 1.807) is 0 Å². The normalized spacial score (nSPS) is 14.4. The summed E-state index contributed by atoms with van der Waals surface area (Å²) >= 11 is 0. The van der Waals surface area contributed by atoms with Crippen LogP contribution in [0.2, 0.25) is 0 Å². The lowest BCUT2D eigenvalue weighted by Crippen LogP contribution is -2.26. The molecule has 0 aliphatic heterocycles. The van der Waals surface area contributed by atoms with Gasteiger partial charge in [0.1, 0.15) is 11.2 Å². The SMILES string of the molecule is Cc1ccccc1-c1ccc(N(c2ccc(-c3ccccc3)cc2)c2ccc3c(c2)C2(c4ccccc4-3)c3ccccc3-c3c2ccc2oc4c(-c5ccccc5)cccc4c32)cc1C. The average molecular weight is 830 g/mol. The van der Waals surface area contributed by atoms with Crippen LogP contribution in [0.1, 0.15) is 33.4 Å². The molecule has 0 N–H and O–H groups in total. The zero-order valence-electron chi connectivity index (χ0n) is 36.2.